The summed E-state index contributed by atoms with van der Waals surface area (Å²) in [6, 6.07) is 58.5. The first kappa shape index (κ1) is 35.7. The van der Waals surface area contributed by atoms with E-state index in [1.807, 2.05) is 24.3 Å². The van der Waals surface area contributed by atoms with Crippen molar-refractivity contribution in [3.05, 3.63) is 182 Å². The predicted octanol–water partition coefficient (Wildman–Crippen LogP) is 12.9. The molecule has 56 heavy (non-hydrogen) atoms. The van der Waals surface area contributed by atoms with Gasteiger partial charge in [0.1, 0.15) is 0 Å². The van der Waals surface area contributed by atoms with Gasteiger partial charge < -0.3 is 14.2 Å². The van der Waals surface area contributed by atoms with E-state index in [0.29, 0.717) is 0 Å². The van der Waals surface area contributed by atoms with Gasteiger partial charge in [-0.25, -0.2) is 0 Å². The SMILES string of the molecule is CCc1cccc(CC)c1-c1cn2c3cc4c(ccc5ccc6ccccc6c54)cc3c3ccc[c-]c3c2n1.CN1[CH-]N(c2[c-]cccc2)c2ccccc21.[Ir+3]. The third-order valence-corrected chi connectivity index (χ3v) is 11.2. The summed E-state index contributed by atoms with van der Waals surface area (Å²) in [4.78, 5) is 9.57. The van der Waals surface area contributed by atoms with Crippen molar-refractivity contribution in [2.75, 3.05) is 16.8 Å². The molecule has 0 saturated carbocycles. The van der Waals surface area contributed by atoms with E-state index >= 15 is 0 Å². The Balaban J connectivity index is 0.000000202. The van der Waals surface area contributed by atoms with Crippen LogP contribution in [0.1, 0.15) is 25.0 Å². The van der Waals surface area contributed by atoms with E-state index < -0.39 is 0 Å². The fraction of sp³-hybridized carbons (Fsp3) is 0.0980. The van der Waals surface area contributed by atoms with E-state index in [0.717, 1.165) is 35.3 Å². The van der Waals surface area contributed by atoms with Crippen LogP contribution in [0.2, 0.25) is 0 Å². The summed E-state index contributed by atoms with van der Waals surface area (Å²) in [6.07, 6.45) is 4.21. The van der Waals surface area contributed by atoms with Crippen molar-refractivity contribution in [2.24, 2.45) is 0 Å². The average Bonchev–Trinajstić information content (AvgIpc) is 3.85. The Hall–Kier alpha value is -6.00. The van der Waals surface area contributed by atoms with E-state index in [1.54, 1.807) is 0 Å². The number of hydrogen-bond acceptors (Lipinski definition) is 3. The molecule has 0 aliphatic carbocycles. The van der Waals surface area contributed by atoms with Gasteiger partial charge in [-0.2, -0.15) is 37.0 Å². The molecule has 0 N–H and O–H groups in total. The summed E-state index contributed by atoms with van der Waals surface area (Å²) in [6.45, 7) is 6.54. The van der Waals surface area contributed by atoms with Gasteiger partial charge in [-0.1, -0.05) is 104 Å². The number of imidazole rings is 1. The molecule has 0 spiro atoms. The van der Waals surface area contributed by atoms with Crippen molar-refractivity contribution >= 4 is 76.7 Å². The number of aromatic nitrogens is 2. The Morgan fingerprint density at radius 2 is 1.30 bits per heavy atom. The largest absolute Gasteiger partial charge is 3.00 e. The Morgan fingerprint density at radius 1 is 0.607 bits per heavy atom. The van der Waals surface area contributed by atoms with Crippen LogP contribution in [0.4, 0.5) is 17.1 Å². The van der Waals surface area contributed by atoms with Crippen LogP contribution in [0.3, 0.4) is 0 Å². The minimum Gasteiger partial charge on any atom is -0.504 e. The zero-order chi connectivity index (χ0) is 37.0. The van der Waals surface area contributed by atoms with Gasteiger partial charge >= 0.3 is 20.1 Å². The molecule has 3 heterocycles. The molecule has 272 valence electrons. The molecular weight excluding hydrogens is 861 g/mol. The number of pyridine rings is 1. The van der Waals surface area contributed by atoms with Crippen molar-refractivity contribution < 1.29 is 20.1 Å². The summed E-state index contributed by atoms with van der Waals surface area (Å²) in [7, 11) is 2.06. The molecule has 0 unspecified atom stereocenters. The van der Waals surface area contributed by atoms with Gasteiger partial charge in [0, 0.05) is 28.7 Å². The number of aryl methyl sites for hydroxylation is 2. The van der Waals surface area contributed by atoms with Crippen molar-refractivity contribution in [2.45, 2.75) is 26.7 Å². The molecule has 2 aromatic heterocycles. The van der Waals surface area contributed by atoms with Gasteiger partial charge in [-0.15, -0.1) is 35.3 Å². The topological polar surface area (TPSA) is 23.8 Å². The van der Waals surface area contributed by atoms with Crippen LogP contribution in [0.5, 0.6) is 0 Å². The molecule has 0 amide bonds. The van der Waals surface area contributed by atoms with E-state index in [1.165, 1.54) is 76.7 Å². The standard InChI is InChI=1S/C37H27N2.C14H12N2.Ir/c1-3-23-11-9-12-24(4-2)35(23)33-22-39-34-21-31-27(20-32(34)29-14-7-8-15-30(29)37(39)38-33)19-18-26-17-16-25-10-5-6-13-28(25)36(26)31;1-15-11-16(12-7-3-2-4-8-12)14-10-6-5-9-13(14)15;/h5-14,16-22H,3-4H2,1-2H3;2-7,9-11H,1H3;/q-1;-2;+3. The quantitative estimate of drug-likeness (QED) is 0.0999. The van der Waals surface area contributed by atoms with Crippen LogP contribution in [0, 0.1) is 18.8 Å². The molecule has 1 aliphatic heterocycles. The number of fused-ring (bicyclic) bond motifs is 12. The number of para-hydroxylation sites is 3. The van der Waals surface area contributed by atoms with Gasteiger partial charge in [0.25, 0.3) is 0 Å². The normalized spacial score (nSPS) is 12.4. The maximum Gasteiger partial charge on any atom is 3.00 e. The van der Waals surface area contributed by atoms with Gasteiger partial charge in [-0.05, 0) is 86.9 Å². The van der Waals surface area contributed by atoms with Crippen LogP contribution < -0.4 is 9.80 Å². The first-order valence-corrected chi connectivity index (χ1v) is 19.1. The number of rotatable bonds is 4. The van der Waals surface area contributed by atoms with Gasteiger partial charge in [-0.3, -0.25) is 4.98 Å². The molecule has 0 bridgehead atoms. The minimum absolute atomic E-state index is 0. The van der Waals surface area contributed by atoms with Crippen LogP contribution in [0.25, 0.3) is 70.9 Å². The third kappa shape index (κ3) is 5.82. The number of nitrogens with zero attached hydrogens (tertiary/aromatic N) is 4. The fourth-order valence-electron chi connectivity index (χ4n) is 8.55. The second-order valence-corrected chi connectivity index (χ2v) is 14.3. The smallest absolute Gasteiger partial charge is 0.504 e. The summed E-state index contributed by atoms with van der Waals surface area (Å²) >= 11 is 0. The molecule has 10 aromatic rings. The molecule has 0 fully saturated rings. The molecule has 11 rings (SSSR count). The Morgan fingerprint density at radius 3 is 2.09 bits per heavy atom. The zero-order valence-corrected chi connectivity index (χ0v) is 33.9. The van der Waals surface area contributed by atoms with Gasteiger partial charge in [0.2, 0.25) is 0 Å². The zero-order valence-electron chi connectivity index (χ0n) is 31.5. The monoisotopic (exact) mass is 900 g/mol. The van der Waals surface area contributed by atoms with Crippen LogP contribution >= 0.6 is 0 Å². The molecule has 1 aliphatic rings. The van der Waals surface area contributed by atoms with Crippen LogP contribution in [-0.4, -0.2) is 16.4 Å². The van der Waals surface area contributed by atoms with E-state index in [2.05, 4.69) is 181 Å². The number of hydrogen-bond donors (Lipinski definition) is 0. The second-order valence-electron chi connectivity index (χ2n) is 14.3. The van der Waals surface area contributed by atoms with Gasteiger partial charge in [0.05, 0.1) is 11.3 Å². The van der Waals surface area contributed by atoms with Gasteiger partial charge in [0.15, 0.2) is 0 Å². The molecule has 0 atom stereocenters. The van der Waals surface area contributed by atoms with E-state index in [-0.39, 0.29) is 20.1 Å². The average molecular weight is 900 g/mol. The first-order valence-electron chi connectivity index (χ1n) is 19.1. The molecular formula is C51H39IrN4. The van der Waals surface area contributed by atoms with Crippen molar-refractivity contribution in [1.82, 2.24) is 9.38 Å². The third-order valence-electron chi connectivity index (χ3n) is 11.2. The molecule has 0 radical (unpaired) electrons. The maximum absolute atomic E-state index is 5.30. The van der Waals surface area contributed by atoms with Crippen LogP contribution in [-0.2, 0) is 32.9 Å². The molecule has 0 saturated heterocycles. The summed E-state index contributed by atoms with van der Waals surface area (Å²) < 4.78 is 2.30. The Kier molecular flexibility index (Phi) is 9.29. The molecule has 4 nitrogen and oxygen atoms in total. The molecule has 8 aromatic carbocycles. The minimum atomic E-state index is 0. The number of benzene rings is 8. The predicted molar refractivity (Wildman–Crippen MR) is 232 cm³/mol. The van der Waals surface area contributed by atoms with Crippen LogP contribution in [0.15, 0.2) is 152 Å². The van der Waals surface area contributed by atoms with Crippen molar-refractivity contribution in [3.8, 4) is 11.3 Å². The van der Waals surface area contributed by atoms with E-state index in [9.17, 15) is 0 Å². The van der Waals surface area contributed by atoms with Crippen molar-refractivity contribution in [3.63, 3.8) is 0 Å². The summed E-state index contributed by atoms with van der Waals surface area (Å²) in [5, 5.41) is 11.1. The maximum atomic E-state index is 5.30. The molecule has 5 heteroatoms. The summed E-state index contributed by atoms with van der Waals surface area (Å²) in [5.74, 6) is 0. The fourth-order valence-corrected chi connectivity index (χ4v) is 8.55. The second kappa shape index (κ2) is 14.6. The Bertz CT molecular complexity index is 3050. The first-order chi connectivity index (χ1) is 27.1. The van der Waals surface area contributed by atoms with Crippen molar-refractivity contribution in [1.29, 1.82) is 0 Å². The summed E-state index contributed by atoms with van der Waals surface area (Å²) in [5.41, 5.74) is 10.6. The van der Waals surface area contributed by atoms with E-state index in [4.69, 9.17) is 4.98 Å². The Labute approximate surface area is 341 Å². The number of anilines is 3.